The fourth-order valence-electron chi connectivity index (χ4n) is 7.67. The summed E-state index contributed by atoms with van der Waals surface area (Å²) in [4.78, 5) is 39.9. The Kier molecular flexibility index (Phi) is 14.7. The lowest BCUT2D eigenvalue weighted by atomic mass is 9.84. The van der Waals surface area contributed by atoms with Gasteiger partial charge in [-0.3, -0.25) is 4.79 Å². The van der Waals surface area contributed by atoms with Crippen LogP contribution >= 0.6 is 0 Å². The first-order valence-corrected chi connectivity index (χ1v) is 19.2. The molecule has 54 heavy (non-hydrogen) atoms. The maximum Gasteiger partial charge on any atom is 0.365 e. The Morgan fingerprint density at radius 2 is 1.56 bits per heavy atom. The van der Waals surface area contributed by atoms with Gasteiger partial charge >= 0.3 is 11.9 Å². The van der Waals surface area contributed by atoms with E-state index in [1.807, 2.05) is 18.2 Å². The lowest BCUT2D eigenvalue weighted by Gasteiger charge is -2.23. The van der Waals surface area contributed by atoms with Crippen molar-refractivity contribution in [1.82, 2.24) is 4.57 Å². The second kappa shape index (κ2) is 20.0. The lowest BCUT2D eigenvalue weighted by Crippen LogP contribution is -2.16. The fourth-order valence-corrected chi connectivity index (χ4v) is 7.67. The monoisotopic (exact) mass is 729 g/mol. The molecular weight excluding hydrogens is 679 g/mol. The number of aromatic nitrogens is 1. The maximum atomic E-state index is 12.9. The molecule has 0 saturated heterocycles. The first kappa shape index (κ1) is 39.6. The Hall–Kier alpha value is -5.57. The third kappa shape index (κ3) is 10.3. The summed E-state index contributed by atoms with van der Waals surface area (Å²) in [6, 6.07) is 30.6. The summed E-state index contributed by atoms with van der Waals surface area (Å²) in [5.74, 6) is -0.508. The van der Waals surface area contributed by atoms with E-state index in [2.05, 4.69) is 65.1 Å². The van der Waals surface area contributed by atoms with Crippen molar-refractivity contribution in [2.24, 2.45) is 16.2 Å². The van der Waals surface area contributed by atoms with Crippen molar-refractivity contribution in [3.63, 3.8) is 0 Å². The topological polar surface area (TPSA) is 131 Å². The summed E-state index contributed by atoms with van der Waals surface area (Å²) < 4.78 is 2.40. The van der Waals surface area contributed by atoms with Crippen LogP contribution in [0.2, 0.25) is 0 Å². The third-order valence-corrected chi connectivity index (χ3v) is 10.4. The minimum Gasteiger partial charge on any atom is -0.478 e. The summed E-state index contributed by atoms with van der Waals surface area (Å²) in [5.41, 5.74) is 6.76. The zero-order valence-electron chi connectivity index (χ0n) is 31.3. The molecule has 1 saturated carbocycles. The SMILES string of the molecule is CCC(CCCC(C=O)=NO)c1cc(CC(CC2CCCCC2)=NOC(=O)c2ccccc2)c2c(c1)c1ccccc1n2CC.O=C(O)c1ccccc1. The molecule has 9 heteroatoms. The molecule has 4 aromatic carbocycles. The van der Waals surface area contributed by atoms with Gasteiger partial charge in [0.1, 0.15) is 5.71 Å². The number of hydrogen-bond donors (Lipinski definition) is 2. The molecule has 6 rings (SSSR count). The first-order chi connectivity index (χ1) is 26.4. The van der Waals surface area contributed by atoms with Gasteiger partial charge in [0.2, 0.25) is 0 Å². The summed E-state index contributed by atoms with van der Waals surface area (Å²) in [6.45, 7) is 5.22. The highest BCUT2D eigenvalue weighted by atomic mass is 16.7. The average molecular weight is 730 g/mol. The quantitative estimate of drug-likeness (QED) is 0.0363. The maximum absolute atomic E-state index is 12.9. The van der Waals surface area contributed by atoms with Crippen molar-refractivity contribution in [2.45, 2.75) is 96.9 Å². The van der Waals surface area contributed by atoms with E-state index in [0.29, 0.717) is 36.2 Å². The number of oxime groups is 2. The van der Waals surface area contributed by atoms with Crippen LogP contribution < -0.4 is 0 Å². The number of aryl methyl sites for hydroxylation is 1. The Morgan fingerprint density at radius 1 is 0.889 bits per heavy atom. The molecule has 0 spiro atoms. The number of benzene rings is 4. The first-order valence-electron chi connectivity index (χ1n) is 19.2. The van der Waals surface area contributed by atoms with Gasteiger partial charge in [0, 0.05) is 29.3 Å². The molecule has 2 N–H and O–H groups in total. The minimum absolute atomic E-state index is 0.181. The number of carbonyl (C=O) groups is 3. The van der Waals surface area contributed by atoms with E-state index in [9.17, 15) is 14.4 Å². The third-order valence-electron chi connectivity index (χ3n) is 10.4. The summed E-state index contributed by atoms with van der Waals surface area (Å²) in [7, 11) is 0. The van der Waals surface area contributed by atoms with Crippen molar-refractivity contribution < 1.29 is 29.5 Å². The molecule has 0 amide bonds. The Labute approximate surface area is 317 Å². The minimum atomic E-state index is -0.879. The molecule has 1 atom stereocenters. The molecule has 9 nitrogen and oxygen atoms in total. The number of nitrogens with zero attached hydrogens (tertiary/aromatic N) is 3. The largest absolute Gasteiger partial charge is 0.478 e. The van der Waals surface area contributed by atoms with Gasteiger partial charge in [-0.05, 0) is 98.4 Å². The average Bonchev–Trinajstić information content (AvgIpc) is 3.55. The second-order valence-corrected chi connectivity index (χ2v) is 14.0. The molecule has 1 aromatic heterocycles. The van der Waals surface area contributed by atoms with E-state index < -0.39 is 11.9 Å². The van der Waals surface area contributed by atoms with E-state index >= 15 is 0 Å². The molecule has 0 bridgehead atoms. The van der Waals surface area contributed by atoms with E-state index in [0.717, 1.165) is 37.9 Å². The van der Waals surface area contributed by atoms with Crippen LogP contribution in [-0.2, 0) is 22.6 Å². The van der Waals surface area contributed by atoms with E-state index in [1.54, 1.807) is 42.5 Å². The van der Waals surface area contributed by atoms with Gasteiger partial charge in [-0.15, -0.1) is 0 Å². The molecule has 1 aliphatic rings. The molecule has 1 heterocycles. The number of hydrogen-bond acceptors (Lipinski definition) is 7. The number of carboxylic acid groups (broad SMARTS) is 1. The normalized spacial score (nSPS) is 14.3. The molecule has 1 unspecified atom stereocenters. The van der Waals surface area contributed by atoms with E-state index in [-0.39, 0.29) is 11.6 Å². The Balaban J connectivity index is 0.000000546. The molecule has 0 aliphatic heterocycles. The van der Waals surface area contributed by atoms with Gasteiger partial charge in [0.05, 0.1) is 22.4 Å². The van der Waals surface area contributed by atoms with Crippen LogP contribution in [0.15, 0.2) is 107 Å². The number of rotatable bonds is 15. The van der Waals surface area contributed by atoms with Crippen LogP contribution in [-0.4, -0.2) is 44.5 Å². The van der Waals surface area contributed by atoms with Crippen LogP contribution in [0.1, 0.15) is 116 Å². The molecule has 1 aliphatic carbocycles. The van der Waals surface area contributed by atoms with Gasteiger partial charge in [0.25, 0.3) is 0 Å². The fraction of sp³-hybridized carbons (Fsp3) is 0.356. The number of aromatic carboxylic acids is 1. The molecule has 282 valence electrons. The van der Waals surface area contributed by atoms with Crippen LogP contribution in [0.25, 0.3) is 21.8 Å². The molecule has 1 fully saturated rings. The van der Waals surface area contributed by atoms with Crippen molar-refractivity contribution in [3.8, 4) is 0 Å². The van der Waals surface area contributed by atoms with E-state index in [1.165, 1.54) is 65.0 Å². The van der Waals surface area contributed by atoms with Gasteiger partial charge in [-0.2, -0.15) is 0 Å². The highest BCUT2D eigenvalue weighted by molar-refractivity contribution is 6.27. The Bertz CT molecular complexity index is 2060. The molecular formula is C45H51N3O6. The van der Waals surface area contributed by atoms with Crippen molar-refractivity contribution in [2.75, 3.05) is 0 Å². The van der Waals surface area contributed by atoms with Crippen LogP contribution in [0.4, 0.5) is 0 Å². The molecule has 5 aromatic rings. The summed E-state index contributed by atoms with van der Waals surface area (Å²) in [6.07, 6.45) is 11.2. The number of carboxylic acids is 1. The van der Waals surface area contributed by atoms with Crippen molar-refractivity contribution in [1.29, 1.82) is 0 Å². The molecule has 0 radical (unpaired) electrons. The predicted molar refractivity (Wildman–Crippen MR) is 215 cm³/mol. The van der Waals surface area contributed by atoms with Crippen LogP contribution in [0.5, 0.6) is 0 Å². The smallest absolute Gasteiger partial charge is 0.365 e. The van der Waals surface area contributed by atoms with E-state index in [4.69, 9.17) is 15.2 Å². The second-order valence-electron chi connectivity index (χ2n) is 14.0. The highest BCUT2D eigenvalue weighted by Crippen LogP contribution is 2.37. The van der Waals surface area contributed by atoms with Gasteiger partial charge < -0.3 is 19.7 Å². The van der Waals surface area contributed by atoms with Gasteiger partial charge in [-0.1, -0.05) is 110 Å². The summed E-state index contributed by atoms with van der Waals surface area (Å²) in [5, 5.41) is 27.6. The van der Waals surface area contributed by atoms with Crippen molar-refractivity contribution >= 4 is 51.5 Å². The Morgan fingerprint density at radius 3 is 2.17 bits per heavy atom. The zero-order chi connectivity index (χ0) is 38.3. The zero-order valence-corrected chi connectivity index (χ0v) is 31.3. The van der Waals surface area contributed by atoms with Crippen LogP contribution in [0.3, 0.4) is 0 Å². The van der Waals surface area contributed by atoms with Crippen molar-refractivity contribution in [3.05, 3.63) is 119 Å². The number of carbonyl (C=O) groups excluding carboxylic acids is 2. The highest BCUT2D eigenvalue weighted by Gasteiger charge is 2.22. The van der Waals surface area contributed by atoms with Gasteiger partial charge in [-0.25, -0.2) is 9.59 Å². The summed E-state index contributed by atoms with van der Waals surface area (Å²) >= 11 is 0. The number of aldehydes is 1. The lowest BCUT2D eigenvalue weighted by molar-refractivity contribution is -0.102. The number of para-hydroxylation sites is 1. The number of fused-ring (bicyclic) bond motifs is 3. The van der Waals surface area contributed by atoms with Gasteiger partial charge in [0.15, 0.2) is 6.29 Å². The standard InChI is InChI=1S/C38H45N3O4.C7H6O2/c1-3-28(18-13-19-32(26-42)39-44)30-23-31(37-35(25-30)34-20-11-12-21-36(34)41(37)4-2)24-33(22-27-14-7-5-8-15-27)40-45-38(43)29-16-9-6-10-17-29;8-7(9)6-4-2-1-3-5-6/h6,9-12,16-17,20-21,23,25-28,44H,3-5,7-8,13-15,18-19,22,24H2,1-2H3;1-5H,(H,8,9). The predicted octanol–water partition coefficient (Wildman–Crippen LogP) is 10.6. The van der Waals surface area contributed by atoms with Crippen LogP contribution in [0, 0.1) is 5.92 Å².